The molecule has 7 nitrogen and oxygen atoms in total. The Morgan fingerprint density at radius 2 is 1.50 bits per heavy atom. The predicted octanol–water partition coefficient (Wildman–Crippen LogP) is 4.10. The van der Waals surface area contributed by atoms with E-state index in [0.717, 1.165) is 11.1 Å². The number of alkyl carbamates (subject to hydrolysis) is 1. The molecule has 0 radical (unpaired) electrons. The Bertz CT molecular complexity index is 935. The zero-order valence-electron chi connectivity index (χ0n) is 19.3. The number of rotatable bonds is 9. The number of nitrogens with one attached hydrogen (secondary N) is 3. The average Bonchev–Trinajstić information content (AvgIpc) is 2.71. The van der Waals surface area contributed by atoms with Crippen molar-refractivity contribution in [1.82, 2.24) is 10.6 Å². The van der Waals surface area contributed by atoms with Crippen molar-refractivity contribution in [2.24, 2.45) is 0 Å². The van der Waals surface area contributed by atoms with Crippen LogP contribution in [0.15, 0.2) is 48.5 Å². The fraction of sp³-hybridized carbons (Fsp3) is 0.400. The molecule has 0 aliphatic carbocycles. The third-order valence-electron chi connectivity index (χ3n) is 4.67. The average molecular weight is 440 g/mol. The first kappa shape index (κ1) is 24.9. The number of anilines is 1. The van der Waals surface area contributed by atoms with E-state index in [0.29, 0.717) is 18.5 Å². The highest BCUT2D eigenvalue weighted by molar-refractivity contribution is 5.91. The van der Waals surface area contributed by atoms with E-state index in [-0.39, 0.29) is 31.3 Å². The first-order valence-electron chi connectivity index (χ1n) is 10.8. The topological polar surface area (TPSA) is 96.5 Å². The maximum atomic E-state index is 12.4. The summed E-state index contributed by atoms with van der Waals surface area (Å²) in [5, 5.41) is 8.32. The largest absolute Gasteiger partial charge is 0.444 e. The molecule has 0 aliphatic heterocycles. The van der Waals surface area contributed by atoms with Crippen LogP contribution in [0.3, 0.4) is 0 Å². The first-order valence-corrected chi connectivity index (χ1v) is 10.8. The zero-order valence-corrected chi connectivity index (χ0v) is 19.3. The van der Waals surface area contributed by atoms with Gasteiger partial charge in [0.1, 0.15) is 5.60 Å². The Labute approximate surface area is 189 Å². The van der Waals surface area contributed by atoms with Gasteiger partial charge in [0, 0.05) is 31.6 Å². The molecule has 2 aromatic carbocycles. The van der Waals surface area contributed by atoms with Crippen LogP contribution in [0.25, 0.3) is 0 Å². The summed E-state index contributed by atoms with van der Waals surface area (Å²) >= 11 is 0. The number of carbonyl (C=O) groups excluding carboxylic acids is 3. The number of aryl methyl sites for hydroxylation is 2. The second kappa shape index (κ2) is 11.9. The van der Waals surface area contributed by atoms with Crippen molar-refractivity contribution < 1.29 is 19.1 Å². The fourth-order valence-corrected chi connectivity index (χ4v) is 3.02. The smallest absolute Gasteiger partial charge is 0.407 e. The van der Waals surface area contributed by atoms with E-state index in [1.165, 1.54) is 5.56 Å². The molecule has 0 spiro atoms. The number of amides is 3. The van der Waals surface area contributed by atoms with Crippen molar-refractivity contribution in [1.29, 1.82) is 0 Å². The quantitative estimate of drug-likeness (QED) is 0.548. The highest BCUT2D eigenvalue weighted by Gasteiger charge is 2.16. The zero-order chi connectivity index (χ0) is 23.6. The number of hydrogen-bond donors (Lipinski definition) is 3. The highest BCUT2D eigenvalue weighted by atomic mass is 16.6. The Balaban J connectivity index is 1.79. The first-order chi connectivity index (χ1) is 15.1. The second-order valence-corrected chi connectivity index (χ2v) is 8.59. The maximum Gasteiger partial charge on any atom is 0.407 e. The number of hydrogen-bond acceptors (Lipinski definition) is 4. The van der Waals surface area contributed by atoms with Gasteiger partial charge < -0.3 is 20.7 Å². The number of ether oxygens (including phenoxy) is 1. The van der Waals surface area contributed by atoms with Gasteiger partial charge in [-0.2, -0.15) is 0 Å². The molecule has 0 aromatic heterocycles. The van der Waals surface area contributed by atoms with Crippen molar-refractivity contribution in [2.45, 2.75) is 59.1 Å². The minimum Gasteiger partial charge on any atom is -0.444 e. The normalized spacial score (nSPS) is 10.9. The summed E-state index contributed by atoms with van der Waals surface area (Å²) in [6, 6.07) is 15.4. The van der Waals surface area contributed by atoms with Crippen LogP contribution in [0.4, 0.5) is 10.5 Å². The molecule has 2 aromatic rings. The maximum absolute atomic E-state index is 12.4. The molecule has 0 aliphatic rings. The third-order valence-corrected chi connectivity index (χ3v) is 4.67. The van der Waals surface area contributed by atoms with Crippen LogP contribution in [0.2, 0.25) is 0 Å². The molecule has 0 heterocycles. The van der Waals surface area contributed by atoms with Gasteiger partial charge in [-0.25, -0.2) is 4.79 Å². The van der Waals surface area contributed by atoms with Crippen molar-refractivity contribution in [3.63, 3.8) is 0 Å². The Hall–Kier alpha value is -3.35. The molecule has 0 saturated carbocycles. The van der Waals surface area contributed by atoms with Crippen molar-refractivity contribution in [3.05, 3.63) is 65.2 Å². The van der Waals surface area contributed by atoms with E-state index < -0.39 is 11.7 Å². The summed E-state index contributed by atoms with van der Waals surface area (Å²) in [5.41, 5.74) is 3.23. The minimum absolute atomic E-state index is 0.0754. The van der Waals surface area contributed by atoms with Gasteiger partial charge in [0.15, 0.2) is 0 Å². The molecule has 0 unspecified atom stereocenters. The van der Waals surface area contributed by atoms with Crippen LogP contribution < -0.4 is 16.0 Å². The molecule has 0 saturated heterocycles. The molecule has 7 heteroatoms. The van der Waals surface area contributed by atoms with Crippen LogP contribution in [-0.2, 0) is 27.3 Å². The lowest BCUT2D eigenvalue weighted by molar-refractivity contribution is -0.121. The fourth-order valence-electron chi connectivity index (χ4n) is 3.02. The molecule has 32 heavy (non-hydrogen) atoms. The molecule has 0 atom stereocenters. The Morgan fingerprint density at radius 1 is 0.844 bits per heavy atom. The molecule has 2 rings (SSSR count). The number of para-hydroxylation sites is 1. The van der Waals surface area contributed by atoms with Crippen LogP contribution in [0.1, 0.15) is 50.3 Å². The van der Waals surface area contributed by atoms with Gasteiger partial charge in [0.05, 0.1) is 0 Å². The lowest BCUT2D eigenvalue weighted by atomic mass is 10.0. The molecule has 0 fully saturated rings. The van der Waals surface area contributed by atoms with Crippen molar-refractivity contribution in [2.75, 3.05) is 11.9 Å². The summed E-state index contributed by atoms with van der Waals surface area (Å²) in [6.07, 6.45) is 0.623. The summed E-state index contributed by atoms with van der Waals surface area (Å²) in [6.45, 7) is 7.82. The van der Waals surface area contributed by atoms with Gasteiger partial charge in [0.25, 0.3) is 0 Å². The molecular weight excluding hydrogens is 406 g/mol. The van der Waals surface area contributed by atoms with Crippen LogP contribution in [0, 0.1) is 6.92 Å². The molecule has 0 bridgehead atoms. The molecule has 3 N–H and O–H groups in total. The lowest BCUT2D eigenvalue weighted by Crippen LogP contribution is -2.35. The van der Waals surface area contributed by atoms with Crippen LogP contribution >= 0.6 is 0 Å². The molecule has 3 amide bonds. The van der Waals surface area contributed by atoms with Gasteiger partial charge in [-0.1, -0.05) is 42.5 Å². The third kappa shape index (κ3) is 9.20. The summed E-state index contributed by atoms with van der Waals surface area (Å²) in [5.74, 6) is -0.282. The Kier molecular flexibility index (Phi) is 9.25. The molecular formula is C25H33N3O4. The van der Waals surface area contributed by atoms with Crippen LogP contribution in [0.5, 0.6) is 0 Å². The van der Waals surface area contributed by atoms with Gasteiger partial charge >= 0.3 is 6.09 Å². The summed E-state index contributed by atoms with van der Waals surface area (Å²) in [4.78, 5) is 36.2. The van der Waals surface area contributed by atoms with E-state index in [2.05, 4.69) is 16.0 Å². The van der Waals surface area contributed by atoms with E-state index in [9.17, 15) is 14.4 Å². The lowest BCUT2D eigenvalue weighted by Gasteiger charge is -2.19. The van der Waals surface area contributed by atoms with Crippen molar-refractivity contribution in [3.8, 4) is 0 Å². The summed E-state index contributed by atoms with van der Waals surface area (Å²) < 4.78 is 5.13. The molecule has 172 valence electrons. The van der Waals surface area contributed by atoms with E-state index in [1.54, 1.807) is 20.8 Å². The Morgan fingerprint density at radius 3 is 2.19 bits per heavy atom. The SMILES string of the molecule is Cc1ccccc1CCC(=O)Nc1ccccc1CNC(=O)CCNC(=O)OC(C)(C)C. The minimum atomic E-state index is -0.583. The summed E-state index contributed by atoms with van der Waals surface area (Å²) in [7, 11) is 0. The van der Waals surface area contributed by atoms with Crippen LogP contribution in [-0.4, -0.2) is 30.1 Å². The number of benzene rings is 2. The number of carbonyl (C=O) groups is 3. The standard InChI is InChI=1S/C25H33N3O4/c1-18-9-5-6-10-19(18)13-14-23(30)28-21-12-8-7-11-20(21)17-27-22(29)15-16-26-24(31)32-25(2,3)4/h5-12H,13-17H2,1-4H3,(H,26,31)(H,27,29)(H,28,30). The van der Waals surface area contributed by atoms with E-state index in [1.807, 2.05) is 55.5 Å². The predicted molar refractivity (Wildman–Crippen MR) is 125 cm³/mol. The van der Waals surface area contributed by atoms with Crippen molar-refractivity contribution >= 4 is 23.6 Å². The van der Waals surface area contributed by atoms with E-state index in [4.69, 9.17) is 4.74 Å². The highest BCUT2D eigenvalue weighted by Crippen LogP contribution is 2.16. The van der Waals surface area contributed by atoms with Gasteiger partial charge in [-0.05, 0) is 56.9 Å². The monoisotopic (exact) mass is 439 g/mol. The van der Waals surface area contributed by atoms with E-state index >= 15 is 0 Å². The van der Waals surface area contributed by atoms with Gasteiger partial charge in [-0.15, -0.1) is 0 Å². The van der Waals surface area contributed by atoms with Gasteiger partial charge in [0.2, 0.25) is 11.8 Å². The van der Waals surface area contributed by atoms with Gasteiger partial charge in [-0.3, -0.25) is 9.59 Å². The second-order valence-electron chi connectivity index (χ2n) is 8.59.